The highest BCUT2D eigenvalue weighted by molar-refractivity contribution is 7.15. The van der Waals surface area contributed by atoms with Crippen LogP contribution in [0.4, 0.5) is 5.69 Å². The lowest BCUT2D eigenvalue weighted by Gasteiger charge is -2.11. The molecule has 0 aliphatic heterocycles. The Labute approximate surface area is 228 Å². The van der Waals surface area contributed by atoms with E-state index >= 15 is 0 Å². The van der Waals surface area contributed by atoms with Crippen molar-refractivity contribution in [3.63, 3.8) is 0 Å². The summed E-state index contributed by atoms with van der Waals surface area (Å²) in [6.07, 6.45) is 7.31. The minimum atomic E-state index is 0.722. The van der Waals surface area contributed by atoms with Crippen molar-refractivity contribution in [1.82, 2.24) is 30.1 Å². The van der Waals surface area contributed by atoms with E-state index in [4.69, 9.17) is 0 Å². The molecule has 0 unspecified atom stereocenters. The quantitative estimate of drug-likeness (QED) is 0.207. The van der Waals surface area contributed by atoms with E-state index in [1.807, 2.05) is 61.1 Å². The van der Waals surface area contributed by atoms with Crippen LogP contribution in [0.5, 0.6) is 0 Å². The Bertz CT molecular complexity index is 1980. The van der Waals surface area contributed by atoms with Gasteiger partial charge >= 0.3 is 0 Å². The SMILES string of the molecule is C=C(Nc1cncc(-c2cnc3[nH]nc(-c4cc5c(-c6ccc(C)s6)nccc5[nH]4)c3c2)c1)c1ccccc1. The molecule has 0 spiro atoms. The summed E-state index contributed by atoms with van der Waals surface area (Å²) in [6.45, 7) is 6.28. The predicted octanol–water partition coefficient (Wildman–Crippen LogP) is 7.68. The first-order valence-electron chi connectivity index (χ1n) is 12.5. The molecule has 7 rings (SSSR count). The summed E-state index contributed by atoms with van der Waals surface area (Å²) in [5.74, 6) is 0. The number of thiophene rings is 1. The summed E-state index contributed by atoms with van der Waals surface area (Å²) in [7, 11) is 0. The maximum Gasteiger partial charge on any atom is 0.155 e. The largest absolute Gasteiger partial charge is 0.354 e. The zero-order chi connectivity index (χ0) is 26.3. The molecule has 7 nitrogen and oxygen atoms in total. The second kappa shape index (κ2) is 9.34. The second-order valence-corrected chi connectivity index (χ2v) is 10.6. The number of aryl methyl sites for hydroxylation is 1. The number of anilines is 1. The topological polar surface area (TPSA) is 95.2 Å². The van der Waals surface area contributed by atoms with Gasteiger partial charge in [0.25, 0.3) is 0 Å². The summed E-state index contributed by atoms with van der Waals surface area (Å²) < 4.78 is 0. The van der Waals surface area contributed by atoms with Gasteiger partial charge in [-0.25, -0.2) is 4.98 Å². The average molecular weight is 526 g/mol. The molecule has 0 aliphatic rings. The van der Waals surface area contributed by atoms with Crippen LogP contribution in [-0.2, 0) is 0 Å². The maximum absolute atomic E-state index is 4.68. The highest BCUT2D eigenvalue weighted by atomic mass is 32.1. The molecule has 0 saturated heterocycles. The summed E-state index contributed by atoms with van der Waals surface area (Å²) in [5, 5.41) is 13.1. The van der Waals surface area contributed by atoms with Crippen LogP contribution in [0.1, 0.15) is 10.4 Å². The van der Waals surface area contributed by atoms with Crippen LogP contribution in [-0.4, -0.2) is 30.1 Å². The Kier molecular flexibility index (Phi) is 5.53. The van der Waals surface area contributed by atoms with Crippen molar-refractivity contribution in [2.75, 3.05) is 5.32 Å². The number of nitrogens with zero attached hydrogens (tertiary/aromatic N) is 4. The number of pyridine rings is 3. The van der Waals surface area contributed by atoms with Gasteiger partial charge in [0.15, 0.2) is 5.65 Å². The van der Waals surface area contributed by atoms with E-state index in [2.05, 4.69) is 73.2 Å². The molecule has 0 amide bonds. The number of fused-ring (bicyclic) bond motifs is 2. The number of rotatable bonds is 6. The van der Waals surface area contributed by atoms with Gasteiger partial charge in [0.2, 0.25) is 0 Å². The fraction of sp³-hybridized carbons (Fsp3) is 0.0323. The third-order valence-corrected chi connectivity index (χ3v) is 7.69. The number of hydrogen-bond acceptors (Lipinski definition) is 6. The van der Waals surface area contributed by atoms with E-state index in [1.54, 1.807) is 17.5 Å². The predicted molar refractivity (Wildman–Crippen MR) is 159 cm³/mol. The lowest BCUT2D eigenvalue weighted by molar-refractivity contribution is 1.10. The Morgan fingerprint density at radius 2 is 1.74 bits per heavy atom. The van der Waals surface area contributed by atoms with E-state index in [0.717, 1.165) is 72.0 Å². The zero-order valence-corrected chi connectivity index (χ0v) is 21.9. The van der Waals surface area contributed by atoms with Crippen LogP contribution in [0.25, 0.3) is 60.7 Å². The van der Waals surface area contributed by atoms with Gasteiger partial charge in [-0.1, -0.05) is 36.9 Å². The molecular weight excluding hydrogens is 502 g/mol. The van der Waals surface area contributed by atoms with Crippen LogP contribution in [0, 0.1) is 6.92 Å². The van der Waals surface area contributed by atoms with Gasteiger partial charge in [-0.2, -0.15) is 5.10 Å². The number of nitrogens with one attached hydrogen (secondary N) is 3. The van der Waals surface area contributed by atoms with Gasteiger partial charge in [0.05, 0.1) is 28.1 Å². The first kappa shape index (κ1) is 23.1. The summed E-state index contributed by atoms with van der Waals surface area (Å²) in [6, 6.07) is 22.5. The van der Waals surface area contributed by atoms with E-state index < -0.39 is 0 Å². The molecule has 0 bridgehead atoms. The molecule has 0 radical (unpaired) electrons. The van der Waals surface area contributed by atoms with Crippen LogP contribution < -0.4 is 5.32 Å². The number of aromatic nitrogens is 6. The van der Waals surface area contributed by atoms with Gasteiger partial charge in [-0.15, -0.1) is 11.3 Å². The van der Waals surface area contributed by atoms with E-state index in [0.29, 0.717) is 0 Å². The summed E-state index contributed by atoms with van der Waals surface area (Å²) in [4.78, 5) is 19.7. The lowest BCUT2D eigenvalue weighted by Crippen LogP contribution is -1.98. The van der Waals surface area contributed by atoms with Gasteiger partial charge in [-0.05, 0) is 48.9 Å². The minimum Gasteiger partial charge on any atom is -0.354 e. The molecule has 39 heavy (non-hydrogen) atoms. The average Bonchev–Trinajstić information content (AvgIpc) is 3.71. The van der Waals surface area contributed by atoms with Crippen LogP contribution in [0.3, 0.4) is 0 Å². The van der Waals surface area contributed by atoms with Crippen molar-refractivity contribution in [3.8, 4) is 33.1 Å². The van der Waals surface area contributed by atoms with E-state index in [-0.39, 0.29) is 0 Å². The molecule has 0 saturated carbocycles. The Hall–Kier alpha value is -5.08. The monoisotopic (exact) mass is 525 g/mol. The first-order chi connectivity index (χ1) is 19.1. The molecule has 6 heterocycles. The third-order valence-electron chi connectivity index (χ3n) is 6.68. The number of H-pyrrole nitrogens is 2. The molecule has 0 aliphatic carbocycles. The number of aromatic amines is 2. The Balaban J connectivity index is 1.25. The molecule has 6 aromatic heterocycles. The van der Waals surface area contributed by atoms with Crippen molar-refractivity contribution in [1.29, 1.82) is 0 Å². The standard InChI is InChI=1S/C31H23N7S/c1-18-8-9-28(39-18)30-24-14-27(36-26(24)10-11-33-30)29-25-13-22(16-34-31(25)38-37-29)21-12-23(17-32-15-21)35-19(2)20-6-4-3-5-7-20/h3-17,35-36H,2H2,1H3,(H,34,37,38). The van der Waals surface area contributed by atoms with Crippen LogP contribution in [0.15, 0.2) is 98.1 Å². The highest BCUT2D eigenvalue weighted by Crippen LogP contribution is 2.36. The second-order valence-electron chi connectivity index (χ2n) is 9.34. The van der Waals surface area contributed by atoms with Gasteiger partial charge in [-0.3, -0.25) is 15.1 Å². The normalized spacial score (nSPS) is 11.3. The molecule has 188 valence electrons. The lowest BCUT2D eigenvalue weighted by atomic mass is 10.1. The number of hydrogen-bond donors (Lipinski definition) is 3. The van der Waals surface area contributed by atoms with E-state index in [9.17, 15) is 0 Å². The summed E-state index contributed by atoms with van der Waals surface area (Å²) >= 11 is 1.74. The molecule has 1 aromatic carbocycles. The first-order valence-corrected chi connectivity index (χ1v) is 13.3. The summed E-state index contributed by atoms with van der Waals surface area (Å²) in [5.41, 5.74) is 9.01. The van der Waals surface area contributed by atoms with Crippen molar-refractivity contribution in [2.24, 2.45) is 0 Å². The maximum atomic E-state index is 4.68. The third kappa shape index (κ3) is 4.26. The molecule has 3 N–H and O–H groups in total. The Morgan fingerprint density at radius 3 is 2.59 bits per heavy atom. The van der Waals surface area contributed by atoms with Crippen LogP contribution in [0.2, 0.25) is 0 Å². The van der Waals surface area contributed by atoms with Crippen LogP contribution >= 0.6 is 11.3 Å². The fourth-order valence-corrected chi connectivity index (χ4v) is 5.64. The van der Waals surface area contributed by atoms with E-state index in [1.165, 1.54) is 4.88 Å². The molecule has 7 aromatic rings. The highest BCUT2D eigenvalue weighted by Gasteiger charge is 2.16. The number of benzene rings is 1. The molecule has 8 heteroatoms. The zero-order valence-electron chi connectivity index (χ0n) is 21.1. The smallest absolute Gasteiger partial charge is 0.155 e. The van der Waals surface area contributed by atoms with Gasteiger partial charge in [0, 0.05) is 56.6 Å². The van der Waals surface area contributed by atoms with Crippen molar-refractivity contribution < 1.29 is 0 Å². The molecule has 0 atom stereocenters. The van der Waals surface area contributed by atoms with Gasteiger partial charge < -0.3 is 10.3 Å². The van der Waals surface area contributed by atoms with Crippen molar-refractivity contribution in [2.45, 2.75) is 6.92 Å². The van der Waals surface area contributed by atoms with Crippen molar-refractivity contribution in [3.05, 3.63) is 109 Å². The Morgan fingerprint density at radius 1 is 0.872 bits per heavy atom. The minimum absolute atomic E-state index is 0.722. The molecule has 0 fully saturated rings. The van der Waals surface area contributed by atoms with Crippen molar-refractivity contribution >= 4 is 44.7 Å². The van der Waals surface area contributed by atoms with Gasteiger partial charge in [0.1, 0.15) is 5.69 Å². The molecular formula is C31H23N7S. The fourth-order valence-electron chi connectivity index (χ4n) is 4.76.